The maximum absolute atomic E-state index is 12.3. The van der Waals surface area contributed by atoms with Crippen LogP contribution in [0.3, 0.4) is 0 Å². The molecule has 0 atom stereocenters. The molecule has 2 heterocycles. The summed E-state index contributed by atoms with van der Waals surface area (Å²) in [5.41, 5.74) is 6.00. The lowest BCUT2D eigenvalue weighted by Crippen LogP contribution is -2.25. The number of pyridine rings is 1. The van der Waals surface area contributed by atoms with E-state index < -0.39 is 0 Å². The SMILES string of the molecule is Cc1cc(CNC(=O)c2ccc(=O)n(C)c2)c2[nH]c(C)c(C)c2c1. The van der Waals surface area contributed by atoms with Gasteiger partial charge in [-0.2, -0.15) is 0 Å². The summed E-state index contributed by atoms with van der Waals surface area (Å²) in [6.45, 7) is 6.64. The van der Waals surface area contributed by atoms with Crippen molar-refractivity contribution in [2.45, 2.75) is 27.3 Å². The Hall–Kier alpha value is -2.82. The van der Waals surface area contributed by atoms with E-state index in [1.165, 1.54) is 21.6 Å². The molecule has 124 valence electrons. The van der Waals surface area contributed by atoms with E-state index in [-0.39, 0.29) is 11.5 Å². The molecule has 0 radical (unpaired) electrons. The summed E-state index contributed by atoms with van der Waals surface area (Å²) in [5.74, 6) is -0.194. The van der Waals surface area contributed by atoms with Gasteiger partial charge in [0.2, 0.25) is 5.56 Å². The minimum atomic E-state index is -0.194. The van der Waals surface area contributed by atoms with E-state index >= 15 is 0 Å². The van der Waals surface area contributed by atoms with Crippen molar-refractivity contribution in [2.75, 3.05) is 0 Å². The lowest BCUT2D eigenvalue weighted by atomic mass is 10.0. The summed E-state index contributed by atoms with van der Waals surface area (Å²) in [7, 11) is 1.63. The van der Waals surface area contributed by atoms with Crippen LogP contribution in [0.5, 0.6) is 0 Å². The number of amides is 1. The first kappa shape index (κ1) is 16.1. The van der Waals surface area contributed by atoms with Crippen LogP contribution in [0.25, 0.3) is 10.9 Å². The molecule has 3 rings (SSSR count). The van der Waals surface area contributed by atoms with E-state index in [1.807, 2.05) is 0 Å². The van der Waals surface area contributed by atoms with Crippen molar-refractivity contribution in [1.82, 2.24) is 14.9 Å². The second-order valence-corrected chi connectivity index (χ2v) is 6.27. The van der Waals surface area contributed by atoms with Crippen molar-refractivity contribution in [3.05, 3.63) is 68.8 Å². The molecule has 1 aromatic carbocycles. The molecule has 5 heteroatoms. The Bertz CT molecular complexity index is 996. The molecule has 0 unspecified atom stereocenters. The Labute approximate surface area is 140 Å². The third-order valence-electron chi connectivity index (χ3n) is 4.43. The summed E-state index contributed by atoms with van der Waals surface area (Å²) in [5, 5.41) is 4.13. The number of hydrogen-bond donors (Lipinski definition) is 2. The van der Waals surface area contributed by atoms with Gasteiger partial charge in [0.15, 0.2) is 0 Å². The van der Waals surface area contributed by atoms with Crippen molar-refractivity contribution in [2.24, 2.45) is 7.05 Å². The van der Waals surface area contributed by atoms with E-state index in [2.05, 4.69) is 43.2 Å². The van der Waals surface area contributed by atoms with Gasteiger partial charge in [0.05, 0.1) is 11.1 Å². The molecule has 0 saturated heterocycles. The number of carbonyl (C=O) groups is 1. The standard InChI is InChI=1S/C19H21N3O2/c1-11-7-15(18-16(8-11)12(2)13(3)21-18)9-20-19(24)14-5-6-17(23)22(4)10-14/h5-8,10,21H,9H2,1-4H3,(H,20,24). The van der Waals surface area contributed by atoms with E-state index in [0.717, 1.165) is 22.3 Å². The lowest BCUT2D eigenvalue weighted by molar-refractivity contribution is 0.0950. The van der Waals surface area contributed by atoms with Crippen LogP contribution in [0.15, 0.2) is 35.3 Å². The second kappa shape index (κ2) is 6.00. The summed E-state index contributed by atoms with van der Waals surface area (Å²) >= 11 is 0. The molecule has 5 nitrogen and oxygen atoms in total. The lowest BCUT2D eigenvalue weighted by Gasteiger charge is -2.09. The normalized spacial score (nSPS) is 11.0. The highest BCUT2D eigenvalue weighted by Crippen LogP contribution is 2.26. The largest absolute Gasteiger partial charge is 0.358 e. The van der Waals surface area contributed by atoms with Crippen molar-refractivity contribution in [3.8, 4) is 0 Å². The van der Waals surface area contributed by atoms with Gasteiger partial charge in [0.1, 0.15) is 0 Å². The van der Waals surface area contributed by atoms with Gasteiger partial charge in [-0.25, -0.2) is 0 Å². The maximum atomic E-state index is 12.3. The minimum absolute atomic E-state index is 0.135. The van der Waals surface area contributed by atoms with Crippen LogP contribution in [0, 0.1) is 20.8 Å². The number of fused-ring (bicyclic) bond motifs is 1. The fourth-order valence-corrected chi connectivity index (χ4v) is 2.93. The van der Waals surface area contributed by atoms with Crippen LogP contribution < -0.4 is 10.9 Å². The number of nitrogens with one attached hydrogen (secondary N) is 2. The predicted molar refractivity (Wildman–Crippen MR) is 95.4 cm³/mol. The van der Waals surface area contributed by atoms with Crippen LogP contribution in [-0.2, 0) is 13.6 Å². The molecule has 0 spiro atoms. The molecular formula is C19H21N3O2. The van der Waals surface area contributed by atoms with Crippen molar-refractivity contribution < 1.29 is 4.79 Å². The zero-order valence-electron chi connectivity index (χ0n) is 14.4. The molecule has 0 aliphatic carbocycles. The van der Waals surface area contributed by atoms with Gasteiger partial charge in [0.25, 0.3) is 5.91 Å². The molecule has 0 aliphatic rings. The van der Waals surface area contributed by atoms with Crippen LogP contribution in [0.1, 0.15) is 32.7 Å². The van der Waals surface area contributed by atoms with Gasteiger partial charge in [0, 0.05) is 36.9 Å². The number of nitrogens with zero attached hydrogens (tertiary/aromatic N) is 1. The Kier molecular flexibility index (Phi) is 4.01. The highest BCUT2D eigenvalue weighted by atomic mass is 16.2. The first-order valence-corrected chi connectivity index (χ1v) is 7.90. The predicted octanol–water partition coefficient (Wildman–Crippen LogP) is 2.72. The third-order valence-corrected chi connectivity index (χ3v) is 4.43. The number of aryl methyl sites for hydroxylation is 4. The van der Waals surface area contributed by atoms with E-state index in [1.54, 1.807) is 19.3 Å². The quantitative estimate of drug-likeness (QED) is 0.778. The van der Waals surface area contributed by atoms with Crippen LogP contribution in [-0.4, -0.2) is 15.5 Å². The fourth-order valence-electron chi connectivity index (χ4n) is 2.93. The molecule has 0 bridgehead atoms. The van der Waals surface area contributed by atoms with Crippen molar-refractivity contribution in [1.29, 1.82) is 0 Å². The average Bonchev–Trinajstić information content (AvgIpc) is 2.83. The highest BCUT2D eigenvalue weighted by Gasteiger charge is 2.11. The summed E-state index contributed by atoms with van der Waals surface area (Å²) < 4.78 is 1.40. The van der Waals surface area contributed by atoms with Gasteiger partial charge < -0.3 is 14.9 Å². The fraction of sp³-hybridized carbons (Fsp3) is 0.263. The van der Waals surface area contributed by atoms with Crippen molar-refractivity contribution >= 4 is 16.8 Å². The van der Waals surface area contributed by atoms with Crippen LogP contribution in [0.2, 0.25) is 0 Å². The van der Waals surface area contributed by atoms with E-state index in [9.17, 15) is 9.59 Å². The highest BCUT2D eigenvalue weighted by molar-refractivity contribution is 5.94. The van der Waals surface area contributed by atoms with E-state index in [4.69, 9.17) is 0 Å². The van der Waals surface area contributed by atoms with Crippen LogP contribution >= 0.6 is 0 Å². The summed E-state index contributed by atoms with van der Waals surface area (Å²) in [4.78, 5) is 27.2. The number of aromatic amines is 1. The number of benzene rings is 1. The molecule has 0 fully saturated rings. The van der Waals surface area contributed by atoms with Crippen molar-refractivity contribution in [3.63, 3.8) is 0 Å². The molecule has 0 saturated carbocycles. The maximum Gasteiger partial charge on any atom is 0.253 e. The van der Waals surface area contributed by atoms with E-state index in [0.29, 0.717) is 12.1 Å². The Morgan fingerprint density at radius 1 is 1.21 bits per heavy atom. The first-order valence-electron chi connectivity index (χ1n) is 7.90. The zero-order valence-corrected chi connectivity index (χ0v) is 14.4. The third kappa shape index (κ3) is 2.85. The Balaban J connectivity index is 1.87. The zero-order chi connectivity index (χ0) is 17.4. The number of H-pyrrole nitrogens is 1. The van der Waals surface area contributed by atoms with Gasteiger partial charge >= 0.3 is 0 Å². The molecular weight excluding hydrogens is 302 g/mol. The molecule has 2 aromatic heterocycles. The minimum Gasteiger partial charge on any atom is -0.358 e. The van der Waals surface area contributed by atoms with Gasteiger partial charge in [-0.1, -0.05) is 11.6 Å². The Morgan fingerprint density at radius 3 is 2.67 bits per heavy atom. The Morgan fingerprint density at radius 2 is 1.96 bits per heavy atom. The molecule has 3 aromatic rings. The topological polar surface area (TPSA) is 66.9 Å². The molecule has 0 aliphatic heterocycles. The average molecular weight is 323 g/mol. The number of aromatic nitrogens is 2. The number of carbonyl (C=O) groups excluding carboxylic acids is 1. The molecule has 1 amide bonds. The molecule has 24 heavy (non-hydrogen) atoms. The second-order valence-electron chi connectivity index (χ2n) is 6.27. The summed E-state index contributed by atoms with van der Waals surface area (Å²) in [6, 6.07) is 7.19. The first-order chi connectivity index (χ1) is 11.4. The number of hydrogen-bond acceptors (Lipinski definition) is 2. The summed E-state index contributed by atoms with van der Waals surface area (Å²) in [6.07, 6.45) is 1.55. The van der Waals surface area contributed by atoms with Gasteiger partial charge in [-0.15, -0.1) is 0 Å². The monoisotopic (exact) mass is 323 g/mol. The molecule has 2 N–H and O–H groups in total. The van der Waals surface area contributed by atoms with Gasteiger partial charge in [-0.3, -0.25) is 9.59 Å². The number of rotatable bonds is 3. The van der Waals surface area contributed by atoms with Crippen LogP contribution in [0.4, 0.5) is 0 Å². The smallest absolute Gasteiger partial charge is 0.253 e. The van der Waals surface area contributed by atoms with Gasteiger partial charge in [-0.05, 0) is 44.0 Å².